The Morgan fingerprint density at radius 2 is 1.08 bits per heavy atom. The lowest BCUT2D eigenvalue weighted by Gasteiger charge is -2.25. The Morgan fingerprint density at radius 1 is 0.673 bits per heavy atom. The van der Waals surface area contributed by atoms with Gasteiger partial charge >= 0.3 is 36.2 Å². The van der Waals surface area contributed by atoms with Crippen molar-refractivity contribution >= 4 is 41.6 Å². The maximum Gasteiger partial charge on any atom is 0.490 e. The Morgan fingerprint density at radius 3 is 1.43 bits per heavy atom. The van der Waals surface area contributed by atoms with Gasteiger partial charge in [-0.3, -0.25) is 19.2 Å². The van der Waals surface area contributed by atoms with Gasteiger partial charge in [-0.05, 0) is 77.4 Å². The fourth-order valence-electron chi connectivity index (χ4n) is 3.77. The molecule has 1 aliphatic heterocycles. The third kappa shape index (κ3) is 22.9. The lowest BCUT2D eigenvalue weighted by atomic mass is 10.0. The quantitative estimate of drug-likeness (QED) is 0.0639. The van der Waals surface area contributed by atoms with E-state index < -0.39 is 78.6 Å². The smallest absolute Gasteiger partial charge is 0.481 e. The molecule has 49 heavy (non-hydrogen) atoms. The molecule has 1 heterocycles. The molecule has 1 rings (SSSR count). The molecular weight excluding hydrogens is 686 g/mol. The second kappa shape index (κ2) is 24.0. The molecule has 0 aliphatic carbocycles. The molecule has 0 aromatic carbocycles. The Balaban J connectivity index is 0. The van der Waals surface area contributed by atoms with Gasteiger partial charge in [-0.1, -0.05) is 0 Å². The highest BCUT2D eigenvalue weighted by molar-refractivity contribution is 5.94. The summed E-state index contributed by atoms with van der Waals surface area (Å²) in [7, 11) is 0. The lowest BCUT2D eigenvalue weighted by molar-refractivity contribution is -0.193. The fraction of sp³-hybridized carbons (Fsp3) is 0.731. The van der Waals surface area contributed by atoms with Gasteiger partial charge < -0.3 is 53.2 Å². The number of hydrogen-bond donors (Lipinski definition) is 10. The topological polar surface area (TPSA) is 301 Å². The highest BCUT2D eigenvalue weighted by Crippen LogP contribution is 2.14. The van der Waals surface area contributed by atoms with Gasteiger partial charge in [0.2, 0.25) is 17.7 Å². The van der Waals surface area contributed by atoms with Crippen LogP contribution < -0.4 is 32.7 Å². The van der Waals surface area contributed by atoms with Gasteiger partial charge in [0.1, 0.15) is 18.1 Å². The van der Waals surface area contributed by atoms with Crippen molar-refractivity contribution in [3.8, 4) is 0 Å². The van der Waals surface area contributed by atoms with Gasteiger partial charge in [-0.25, -0.2) is 14.4 Å². The van der Waals surface area contributed by atoms with Gasteiger partial charge in [-0.15, -0.1) is 0 Å². The second-order valence-electron chi connectivity index (χ2n) is 10.3. The molecule has 1 saturated heterocycles. The molecule has 0 spiro atoms. The van der Waals surface area contributed by atoms with E-state index >= 15 is 0 Å². The van der Waals surface area contributed by atoms with Crippen LogP contribution in [0.25, 0.3) is 0 Å². The maximum absolute atomic E-state index is 13.0. The van der Waals surface area contributed by atoms with Crippen molar-refractivity contribution in [3.05, 3.63) is 0 Å². The number of nitrogens with two attached hydrogens (primary N) is 2. The molecule has 0 bridgehead atoms. The number of carboxylic acid groups (broad SMARTS) is 4. The molecule has 0 aromatic rings. The molecule has 0 aromatic heterocycles. The summed E-state index contributed by atoms with van der Waals surface area (Å²) in [4.78, 5) is 78.9. The number of halogens is 6. The molecule has 23 heteroatoms. The van der Waals surface area contributed by atoms with E-state index in [1.165, 1.54) is 0 Å². The first-order valence-electron chi connectivity index (χ1n) is 14.7. The normalized spacial score (nSPS) is 15.9. The van der Waals surface area contributed by atoms with E-state index in [0.717, 1.165) is 6.42 Å². The predicted octanol–water partition coefficient (Wildman–Crippen LogP) is -0.333. The van der Waals surface area contributed by atoms with Crippen LogP contribution in [0.1, 0.15) is 64.2 Å². The first-order chi connectivity index (χ1) is 22.6. The fourth-order valence-corrected chi connectivity index (χ4v) is 3.77. The highest BCUT2D eigenvalue weighted by atomic mass is 19.4. The standard InChI is InChI=1S/C22H40N6O7.2C2HF3O2/c23-11-3-1-6-15(26-19(31)14-8-5-13-25-14)20(32)27-16(9-10-18(29)30)21(33)28-17(22(34)35)7-2-4-12-24;2*3-2(4,5)1(6)7/h14-17,25H,1-13,23-24H2,(H,26,31)(H,27,32)(H,28,33)(H,29,30)(H,34,35);2*(H,6,7)/t14-,15-,16-,17-;;/m0../s1. The summed E-state index contributed by atoms with van der Waals surface area (Å²) >= 11 is 0. The van der Waals surface area contributed by atoms with Gasteiger partial charge in [0, 0.05) is 6.42 Å². The monoisotopic (exact) mass is 728 g/mol. The van der Waals surface area contributed by atoms with Crippen LogP contribution in [-0.4, -0.2) is 118 Å². The number of nitrogens with one attached hydrogen (secondary N) is 4. The van der Waals surface area contributed by atoms with E-state index in [-0.39, 0.29) is 25.2 Å². The Hall–Kier alpha value is -4.25. The minimum Gasteiger partial charge on any atom is -0.481 e. The lowest BCUT2D eigenvalue weighted by Crippen LogP contribution is -2.57. The summed E-state index contributed by atoms with van der Waals surface area (Å²) < 4.78 is 63.5. The summed E-state index contributed by atoms with van der Waals surface area (Å²) in [5.74, 6) is -9.70. The summed E-state index contributed by atoms with van der Waals surface area (Å²) in [5.41, 5.74) is 11.0. The van der Waals surface area contributed by atoms with E-state index in [9.17, 15) is 55.4 Å². The van der Waals surface area contributed by atoms with E-state index in [1.807, 2.05) is 0 Å². The Bertz CT molecular complexity index is 1070. The number of carboxylic acids is 4. The van der Waals surface area contributed by atoms with Crippen LogP contribution in [0.15, 0.2) is 0 Å². The van der Waals surface area contributed by atoms with E-state index in [1.54, 1.807) is 0 Å². The highest BCUT2D eigenvalue weighted by Gasteiger charge is 2.39. The number of carbonyl (C=O) groups excluding carboxylic acids is 3. The van der Waals surface area contributed by atoms with Crippen molar-refractivity contribution in [2.24, 2.45) is 11.5 Å². The number of amides is 3. The molecule has 4 atom stereocenters. The first-order valence-corrected chi connectivity index (χ1v) is 14.7. The molecule has 0 saturated carbocycles. The molecule has 3 amide bonds. The summed E-state index contributed by atoms with van der Waals surface area (Å²) in [6, 6.07) is -3.84. The maximum atomic E-state index is 13.0. The van der Waals surface area contributed by atoms with Crippen molar-refractivity contribution < 1.29 is 80.3 Å². The van der Waals surface area contributed by atoms with Gasteiger partial charge in [0.05, 0.1) is 6.04 Å². The predicted molar refractivity (Wildman–Crippen MR) is 155 cm³/mol. The Kier molecular flexibility index (Phi) is 22.9. The van der Waals surface area contributed by atoms with Crippen molar-refractivity contribution in [2.45, 2.75) is 101 Å². The molecule has 12 N–H and O–H groups in total. The molecular formula is C26H42F6N6O11. The number of carbonyl (C=O) groups is 7. The average Bonchev–Trinajstić information content (AvgIpc) is 3.53. The average molecular weight is 729 g/mol. The van der Waals surface area contributed by atoms with Crippen LogP contribution in [0.4, 0.5) is 26.3 Å². The van der Waals surface area contributed by atoms with Crippen LogP contribution in [0.2, 0.25) is 0 Å². The van der Waals surface area contributed by atoms with Crippen molar-refractivity contribution in [3.63, 3.8) is 0 Å². The largest absolute Gasteiger partial charge is 0.490 e. The summed E-state index contributed by atoms with van der Waals surface area (Å²) in [6.45, 7) is 1.50. The molecule has 0 unspecified atom stereocenters. The third-order valence-electron chi connectivity index (χ3n) is 6.28. The van der Waals surface area contributed by atoms with Crippen LogP contribution in [0, 0.1) is 0 Å². The molecule has 1 aliphatic rings. The van der Waals surface area contributed by atoms with Gasteiger partial charge in [0.15, 0.2) is 0 Å². The molecule has 284 valence electrons. The number of hydrogen-bond acceptors (Lipinski definition) is 10. The van der Waals surface area contributed by atoms with Crippen molar-refractivity contribution in [2.75, 3.05) is 19.6 Å². The second-order valence-corrected chi connectivity index (χ2v) is 10.3. The zero-order valence-corrected chi connectivity index (χ0v) is 26.1. The zero-order valence-electron chi connectivity index (χ0n) is 26.1. The Labute approximate surface area is 275 Å². The summed E-state index contributed by atoms with van der Waals surface area (Å²) in [6.07, 6.45) is -6.66. The summed E-state index contributed by atoms with van der Waals surface area (Å²) in [5, 5.41) is 43.4. The minimum absolute atomic E-state index is 0.143. The number of aliphatic carboxylic acids is 4. The molecule has 17 nitrogen and oxygen atoms in total. The van der Waals surface area contributed by atoms with Crippen LogP contribution >= 0.6 is 0 Å². The van der Waals surface area contributed by atoms with Crippen LogP contribution in [-0.2, 0) is 33.6 Å². The van der Waals surface area contributed by atoms with Gasteiger partial charge in [0.25, 0.3) is 0 Å². The third-order valence-corrected chi connectivity index (χ3v) is 6.28. The van der Waals surface area contributed by atoms with Gasteiger partial charge in [-0.2, -0.15) is 26.3 Å². The van der Waals surface area contributed by atoms with E-state index in [4.69, 9.17) is 36.4 Å². The van der Waals surface area contributed by atoms with Crippen LogP contribution in [0.5, 0.6) is 0 Å². The number of unbranched alkanes of at least 4 members (excludes halogenated alkanes) is 2. The first kappa shape index (κ1) is 46.9. The van der Waals surface area contributed by atoms with E-state index in [2.05, 4.69) is 21.3 Å². The number of rotatable bonds is 18. The molecule has 0 radical (unpaired) electrons. The number of alkyl halides is 6. The zero-order chi connectivity index (χ0) is 38.4. The van der Waals surface area contributed by atoms with E-state index in [0.29, 0.717) is 51.7 Å². The van der Waals surface area contributed by atoms with Crippen molar-refractivity contribution in [1.29, 1.82) is 0 Å². The van der Waals surface area contributed by atoms with Crippen molar-refractivity contribution in [1.82, 2.24) is 21.3 Å². The van der Waals surface area contributed by atoms with Crippen LogP contribution in [0.3, 0.4) is 0 Å². The molecule has 1 fully saturated rings. The SMILES string of the molecule is NCCCC[C@H](NC(=O)[C@H](CCC(=O)O)NC(=O)[C@H](CCCCN)NC(=O)[C@@H]1CCCN1)C(=O)O.O=C(O)C(F)(F)F.O=C(O)C(F)(F)F. The minimum atomic E-state index is -5.08.